The molecule has 1 atom stereocenters. The molecule has 1 aliphatic rings. The molecule has 1 aliphatic heterocycles. The van der Waals surface area contributed by atoms with Gasteiger partial charge in [0.25, 0.3) is 0 Å². The fourth-order valence-electron chi connectivity index (χ4n) is 2.69. The van der Waals surface area contributed by atoms with Crippen LogP contribution in [0.2, 0.25) is 0 Å². The lowest BCUT2D eigenvalue weighted by molar-refractivity contribution is 0.356. The number of nitrogens with one attached hydrogen (secondary N) is 1. The van der Waals surface area contributed by atoms with Crippen LogP contribution in [-0.4, -0.2) is 6.61 Å². The minimum absolute atomic E-state index is 0.349. The SMILES string of the molecule is Cc1cccc(CNC(C)c2ccc3c(c2)CCO3)c1. The summed E-state index contributed by atoms with van der Waals surface area (Å²) in [6.07, 6.45) is 1.04. The summed E-state index contributed by atoms with van der Waals surface area (Å²) in [5, 5.41) is 3.59. The molecule has 0 saturated heterocycles. The Morgan fingerprint density at radius 3 is 2.95 bits per heavy atom. The molecule has 2 heteroatoms. The lowest BCUT2D eigenvalue weighted by Gasteiger charge is -2.15. The lowest BCUT2D eigenvalue weighted by atomic mass is 10.0. The lowest BCUT2D eigenvalue weighted by Crippen LogP contribution is -2.18. The van der Waals surface area contributed by atoms with E-state index in [1.807, 2.05) is 0 Å². The van der Waals surface area contributed by atoms with E-state index in [-0.39, 0.29) is 0 Å². The van der Waals surface area contributed by atoms with Crippen LogP contribution in [0.3, 0.4) is 0 Å². The van der Waals surface area contributed by atoms with Gasteiger partial charge < -0.3 is 10.1 Å². The predicted octanol–water partition coefficient (Wildman–Crippen LogP) is 3.78. The maximum atomic E-state index is 5.56. The molecular weight excluding hydrogens is 246 g/mol. The average Bonchev–Trinajstić information content (AvgIpc) is 2.92. The molecule has 2 aromatic rings. The molecule has 1 unspecified atom stereocenters. The van der Waals surface area contributed by atoms with Crippen molar-refractivity contribution in [3.63, 3.8) is 0 Å². The van der Waals surface area contributed by atoms with E-state index in [2.05, 4.69) is 61.6 Å². The third-order valence-electron chi connectivity index (χ3n) is 3.91. The summed E-state index contributed by atoms with van der Waals surface area (Å²) in [6, 6.07) is 15.5. The summed E-state index contributed by atoms with van der Waals surface area (Å²) in [5.74, 6) is 1.06. The highest BCUT2D eigenvalue weighted by Gasteiger charge is 2.14. The first-order valence-corrected chi connectivity index (χ1v) is 7.27. The van der Waals surface area contributed by atoms with E-state index >= 15 is 0 Å². The van der Waals surface area contributed by atoms with E-state index in [9.17, 15) is 0 Å². The van der Waals surface area contributed by atoms with E-state index < -0.39 is 0 Å². The van der Waals surface area contributed by atoms with Gasteiger partial charge in [-0.25, -0.2) is 0 Å². The summed E-state index contributed by atoms with van der Waals surface area (Å²) >= 11 is 0. The van der Waals surface area contributed by atoms with Crippen molar-refractivity contribution in [1.82, 2.24) is 5.32 Å². The zero-order valence-corrected chi connectivity index (χ0v) is 12.1. The first-order valence-electron chi connectivity index (χ1n) is 7.27. The monoisotopic (exact) mass is 267 g/mol. The van der Waals surface area contributed by atoms with Crippen LogP contribution >= 0.6 is 0 Å². The molecule has 0 aliphatic carbocycles. The average molecular weight is 267 g/mol. The van der Waals surface area contributed by atoms with Gasteiger partial charge in [-0.1, -0.05) is 42.0 Å². The molecule has 2 aromatic carbocycles. The molecule has 2 nitrogen and oxygen atoms in total. The second-order valence-corrected chi connectivity index (χ2v) is 5.56. The van der Waals surface area contributed by atoms with Gasteiger partial charge in [0.15, 0.2) is 0 Å². The summed E-state index contributed by atoms with van der Waals surface area (Å²) in [4.78, 5) is 0. The minimum atomic E-state index is 0.349. The van der Waals surface area contributed by atoms with Gasteiger partial charge in [-0.3, -0.25) is 0 Å². The van der Waals surface area contributed by atoms with Crippen molar-refractivity contribution >= 4 is 0 Å². The highest BCUT2D eigenvalue weighted by Crippen LogP contribution is 2.28. The molecular formula is C18H21NO. The summed E-state index contributed by atoms with van der Waals surface area (Å²) in [5.41, 5.74) is 5.32. The van der Waals surface area contributed by atoms with E-state index in [4.69, 9.17) is 4.74 Å². The Hall–Kier alpha value is -1.80. The standard InChI is InChI=1S/C18H21NO/c1-13-4-3-5-15(10-13)12-19-14(2)16-6-7-18-17(11-16)8-9-20-18/h3-7,10-11,14,19H,8-9,12H2,1-2H3. The quantitative estimate of drug-likeness (QED) is 0.910. The van der Waals surface area contributed by atoms with Gasteiger partial charge in [0.05, 0.1) is 6.61 Å². The van der Waals surface area contributed by atoms with Crippen LogP contribution < -0.4 is 10.1 Å². The van der Waals surface area contributed by atoms with E-state index in [0.717, 1.165) is 25.3 Å². The highest BCUT2D eigenvalue weighted by atomic mass is 16.5. The zero-order valence-electron chi connectivity index (χ0n) is 12.1. The number of fused-ring (bicyclic) bond motifs is 1. The number of rotatable bonds is 4. The molecule has 0 radical (unpaired) electrons. The van der Waals surface area contributed by atoms with Crippen LogP contribution in [0.25, 0.3) is 0 Å². The van der Waals surface area contributed by atoms with Gasteiger partial charge in [0, 0.05) is 19.0 Å². The van der Waals surface area contributed by atoms with Crippen molar-refractivity contribution in [2.75, 3.05) is 6.61 Å². The molecule has 0 amide bonds. The topological polar surface area (TPSA) is 21.3 Å². The van der Waals surface area contributed by atoms with E-state index in [1.165, 1.54) is 22.3 Å². The molecule has 3 rings (SSSR count). The first kappa shape index (κ1) is 13.2. The zero-order chi connectivity index (χ0) is 13.9. The number of hydrogen-bond acceptors (Lipinski definition) is 2. The Morgan fingerprint density at radius 1 is 1.20 bits per heavy atom. The van der Waals surface area contributed by atoms with Crippen molar-refractivity contribution in [1.29, 1.82) is 0 Å². The summed E-state index contributed by atoms with van der Waals surface area (Å²) in [7, 11) is 0. The molecule has 0 fully saturated rings. The number of aryl methyl sites for hydroxylation is 1. The van der Waals surface area contributed by atoms with Gasteiger partial charge in [-0.2, -0.15) is 0 Å². The minimum Gasteiger partial charge on any atom is -0.493 e. The van der Waals surface area contributed by atoms with Gasteiger partial charge >= 0.3 is 0 Å². The number of hydrogen-bond donors (Lipinski definition) is 1. The third-order valence-corrected chi connectivity index (χ3v) is 3.91. The van der Waals surface area contributed by atoms with Gasteiger partial charge in [-0.05, 0) is 36.6 Å². The molecule has 0 bridgehead atoms. The van der Waals surface area contributed by atoms with Crippen LogP contribution in [0.1, 0.15) is 35.2 Å². The molecule has 0 aromatic heterocycles. The summed E-state index contributed by atoms with van der Waals surface area (Å²) in [6.45, 7) is 6.07. The van der Waals surface area contributed by atoms with Crippen LogP contribution in [-0.2, 0) is 13.0 Å². The van der Waals surface area contributed by atoms with Gasteiger partial charge in [0.1, 0.15) is 5.75 Å². The van der Waals surface area contributed by atoms with Crippen LogP contribution in [0.4, 0.5) is 0 Å². The van der Waals surface area contributed by atoms with Gasteiger partial charge in [0.2, 0.25) is 0 Å². The number of ether oxygens (including phenoxy) is 1. The Kier molecular flexibility index (Phi) is 3.75. The molecule has 1 heterocycles. The smallest absolute Gasteiger partial charge is 0.122 e. The van der Waals surface area contributed by atoms with Crippen LogP contribution in [0.5, 0.6) is 5.75 Å². The molecule has 1 N–H and O–H groups in total. The number of benzene rings is 2. The molecule has 104 valence electrons. The Balaban J connectivity index is 1.66. The molecule has 0 saturated carbocycles. The fraction of sp³-hybridized carbons (Fsp3) is 0.333. The van der Waals surface area contributed by atoms with Crippen LogP contribution in [0, 0.1) is 6.92 Å². The van der Waals surface area contributed by atoms with E-state index in [1.54, 1.807) is 0 Å². The predicted molar refractivity (Wildman–Crippen MR) is 82.1 cm³/mol. The van der Waals surface area contributed by atoms with Crippen molar-refractivity contribution < 1.29 is 4.74 Å². The Morgan fingerprint density at radius 2 is 2.10 bits per heavy atom. The maximum absolute atomic E-state index is 5.56. The summed E-state index contributed by atoms with van der Waals surface area (Å²) < 4.78 is 5.56. The second-order valence-electron chi connectivity index (χ2n) is 5.56. The molecule has 20 heavy (non-hydrogen) atoms. The fourth-order valence-corrected chi connectivity index (χ4v) is 2.69. The second kappa shape index (κ2) is 5.68. The van der Waals surface area contributed by atoms with Crippen molar-refractivity contribution in [3.8, 4) is 5.75 Å². The van der Waals surface area contributed by atoms with Crippen molar-refractivity contribution in [2.45, 2.75) is 32.9 Å². The van der Waals surface area contributed by atoms with Crippen molar-refractivity contribution in [3.05, 3.63) is 64.7 Å². The van der Waals surface area contributed by atoms with E-state index in [0.29, 0.717) is 6.04 Å². The first-order chi connectivity index (χ1) is 9.72. The van der Waals surface area contributed by atoms with Crippen LogP contribution in [0.15, 0.2) is 42.5 Å². The largest absolute Gasteiger partial charge is 0.493 e. The normalized spacial score (nSPS) is 14.7. The highest BCUT2D eigenvalue weighted by molar-refractivity contribution is 5.40. The Labute approximate surface area is 120 Å². The maximum Gasteiger partial charge on any atom is 0.122 e. The third kappa shape index (κ3) is 2.86. The van der Waals surface area contributed by atoms with Crippen molar-refractivity contribution in [2.24, 2.45) is 0 Å². The van der Waals surface area contributed by atoms with Gasteiger partial charge in [-0.15, -0.1) is 0 Å². The Bertz CT molecular complexity index is 606. The molecule has 0 spiro atoms.